The number of nitrogens with zero attached hydrogens (tertiary/aromatic N) is 1. The van der Waals surface area contributed by atoms with E-state index in [1.165, 1.54) is 5.56 Å². The molecule has 4 heteroatoms. The van der Waals surface area contributed by atoms with Crippen LogP contribution < -0.4 is 5.32 Å². The summed E-state index contributed by atoms with van der Waals surface area (Å²) < 4.78 is 0. The Bertz CT molecular complexity index is 461. The Balaban J connectivity index is 1.93. The van der Waals surface area contributed by atoms with Crippen LogP contribution >= 0.6 is 0 Å². The Labute approximate surface area is 114 Å². The largest absolute Gasteiger partial charge is 0.481 e. The van der Waals surface area contributed by atoms with Gasteiger partial charge in [-0.3, -0.25) is 4.79 Å². The van der Waals surface area contributed by atoms with Crippen molar-refractivity contribution in [3.8, 4) is 0 Å². The summed E-state index contributed by atoms with van der Waals surface area (Å²) in [5.74, 6) is 0.305. The summed E-state index contributed by atoms with van der Waals surface area (Å²) in [6, 6.07) is 4.51. The van der Waals surface area contributed by atoms with Gasteiger partial charge in [0.2, 0.25) is 0 Å². The maximum absolute atomic E-state index is 10.5. The number of hydrogen-bond donors (Lipinski definition) is 2. The molecule has 2 atom stereocenters. The van der Waals surface area contributed by atoms with Gasteiger partial charge in [-0.1, -0.05) is 25.8 Å². The number of carboxylic acid groups (broad SMARTS) is 1. The predicted molar refractivity (Wildman–Crippen MR) is 75.4 cm³/mol. The second-order valence-corrected chi connectivity index (χ2v) is 5.64. The van der Waals surface area contributed by atoms with Gasteiger partial charge in [-0.2, -0.15) is 0 Å². The highest BCUT2D eigenvalue weighted by atomic mass is 16.4. The number of nitrogens with one attached hydrogen (secondary N) is 1. The minimum atomic E-state index is -0.698. The summed E-state index contributed by atoms with van der Waals surface area (Å²) in [5, 5.41) is 12.1. The lowest BCUT2D eigenvalue weighted by Gasteiger charge is -2.29. The normalized spacial score (nSPS) is 24.8. The standard InChI is InChI=1S/C15H22N2O2/c1-11-15(2,9-5-3-4-8-13(18)19)12-7-6-10-16-14(12)17-11/h6-7,10-11H,3-5,8-9H2,1-2H3,(H,16,17)(H,18,19). The predicted octanol–water partition coefficient (Wildman–Crippen LogP) is 3.19. The van der Waals surface area contributed by atoms with Crippen molar-refractivity contribution in [1.29, 1.82) is 0 Å². The van der Waals surface area contributed by atoms with Crippen molar-refractivity contribution in [1.82, 2.24) is 4.98 Å². The van der Waals surface area contributed by atoms with Crippen molar-refractivity contribution < 1.29 is 9.90 Å². The minimum Gasteiger partial charge on any atom is -0.481 e. The number of aromatic nitrogens is 1. The average Bonchev–Trinajstić information content (AvgIpc) is 2.62. The van der Waals surface area contributed by atoms with Gasteiger partial charge < -0.3 is 10.4 Å². The highest BCUT2D eigenvalue weighted by Gasteiger charge is 2.40. The van der Waals surface area contributed by atoms with Crippen LogP contribution in [0.1, 0.15) is 51.5 Å². The van der Waals surface area contributed by atoms with E-state index in [0.29, 0.717) is 6.04 Å². The first-order valence-corrected chi connectivity index (χ1v) is 6.98. The fourth-order valence-corrected chi connectivity index (χ4v) is 2.88. The van der Waals surface area contributed by atoms with E-state index in [1.807, 2.05) is 12.3 Å². The van der Waals surface area contributed by atoms with Crippen molar-refractivity contribution >= 4 is 11.8 Å². The van der Waals surface area contributed by atoms with Gasteiger partial charge >= 0.3 is 5.97 Å². The zero-order chi connectivity index (χ0) is 13.9. The molecule has 0 amide bonds. The van der Waals surface area contributed by atoms with E-state index in [0.717, 1.165) is 31.5 Å². The van der Waals surface area contributed by atoms with E-state index < -0.39 is 5.97 Å². The number of carboxylic acids is 1. The molecule has 2 heterocycles. The monoisotopic (exact) mass is 262 g/mol. The Morgan fingerprint density at radius 1 is 1.47 bits per heavy atom. The molecule has 0 spiro atoms. The molecule has 2 N–H and O–H groups in total. The van der Waals surface area contributed by atoms with E-state index in [1.54, 1.807) is 0 Å². The van der Waals surface area contributed by atoms with E-state index in [9.17, 15) is 4.79 Å². The van der Waals surface area contributed by atoms with Crippen LogP contribution in [0.3, 0.4) is 0 Å². The van der Waals surface area contributed by atoms with Gasteiger partial charge in [-0.15, -0.1) is 0 Å². The maximum atomic E-state index is 10.5. The lowest BCUT2D eigenvalue weighted by molar-refractivity contribution is -0.137. The smallest absolute Gasteiger partial charge is 0.303 e. The Hall–Kier alpha value is -1.58. The highest BCUT2D eigenvalue weighted by Crippen LogP contribution is 2.43. The number of carbonyl (C=O) groups is 1. The van der Waals surface area contributed by atoms with Gasteiger partial charge in [-0.25, -0.2) is 4.98 Å². The number of hydrogen-bond acceptors (Lipinski definition) is 3. The fourth-order valence-electron chi connectivity index (χ4n) is 2.88. The molecule has 4 nitrogen and oxygen atoms in total. The summed E-state index contributed by atoms with van der Waals surface area (Å²) in [6.45, 7) is 4.47. The number of unbranched alkanes of at least 4 members (excludes halogenated alkanes) is 2. The molecule has 1 aliphatic heterocycles. The molecule has 2 unspecified atom stereocenters. The van der Waals surface area contributed by atoms with Crippen LogP contribution in [0.4, 0.5) is 5.82 Å². The van der Waals surface area contributed by atoms with E-state index in [2.05, 4.69) is 30.2 Å². The topological polar surface area (TPSA) is 62.2 Å². The molecule has 19 heavy (non-hydrogen) atoms. The molecule has 0 fully saturated rings. The fraction of sp³-hybridized carbons (Fsp3) is 0.600. The van der Waals surface area contributed by atoms with Crippen molar-refractivity contribution in [2.24, 2.45) is 0 Å². The zero-order valence-corrected chi connectivity index (χ0v) is 11.6. The Morgan fingerprint density at radius 2 is 2.26 bits per heavy atom. The van der Waals surface area contributed by atoms with Crippen LogP contribution in [0.15, 0.2) is 18.3 Å². The maximum Gasteiger partial charge on any atom is 0.303 e. The van der Waals surface area contributed by atoms with Crippen molar-refractivity contribution in [3.05, 3.63) is 23.9 Å². The Morgan fingerprint density at radius 3 is 3.00 bits per heavy atom. The molecule has 1 aliphatic rings. The summed E-state index contributed by atoms with van der Waals surface area (Å²) >= 11 is 0. The SMILES string of the molecule is CC1Nc2ncccc2C1(C)CCCCCC(=O)O. The van der Waals surface area contributed by atoms with Crippen LogP contribution in [0.2, 0.25) is 0 Å². The number of pyridine rings is 1. The molecule has 0 saturated carbocycles. The van der Waals surface area contributed by atoms with Gasteiger partial charge in [0.1, 0.15) is 5.82 Å². The van der Waals surface area contributed by atoms with Gasteiger partial charge in [-0.05, 0) is 25.8 Å². The third kappa shape index (κ3) is 2.88. The van der Waals surface area contributed by atoms with E-state index in [4.69, 9.17) is 5.11 Å². The molecule has 0 aromatic carbocycles. The quantitative estimate of drug-likeness (QED) is 0.773. The second-order valence-electron chi connectivity index (χ2n) is 5.64. The van der Waals surface area contributed by atoms with Crippen LogP contribution in [0, 0.1) is 0 Å². The Kier molecular flexibility index (Phi) is 4.08. The molecule has 0 radical (unpaired) electrons. The molecule has 2 rings (SSSR count). The molecule has 1 aromatic rings. The van der Waals surface area contributed by atoms with Crippen molar-refractivity contribution in [2.75, 3.05) is 5.32 Å². The molecule has 1 aromatic heterocycles. The van der Waals surface area contributed by atoms with E-state index >= 15 is 0 Å². The van der Waals surface area contributed by atoms with Gasteiger partial charge in [0.15, 0.2) is 0 Å². The average molecular weight is 262 g/mol. The molecule has 0 bridgehead atoms. The van der Waals surface area contributed by atoms with Gasteiger partial charge in [0, 0.05) is 29.6 Å². The lowest BCUT2D eigenvalue weighted by atomic mass is 9.75. The summed E-state index contributed by atoms with van der Waals surface area (Å²) in [5.41, 5.74) is 1.40. The van der Waals surface area contributed by atoms with Crippen molar-refractivity contribution in [2.45, 2.75) is 57.4 Å². The van der Waals surface area contributed by atoms with Crippen LogP contribution in [-0.2, 0) is 10.2 Å². The third-order valence-corrected chi connectivity index (χ3v) is 4.32. The number of rotatable bonds is 6. The highest BCUT2D eigenvalue weighted by molar-refractivity contribution is 5.66. The number of aliphatic carboxylic acids is 1. The molecule has 104 valence electrons. The molecule has 0 aliphatic carbocycles. The van der Waals surface area contributed by atoms with Crippen LogP contribution in [0.25, 0.3) is 0 Å². The summed E-state index contributed by atoms with van der Waals surface area (Å²) in [6.07, 6.45) is 5.97. The molecule has 0 saturated heterocycles. The third-order valence-electron chi connectivity index (χ3n) is 4.32. The minimum absolute atomic E-state index is 0.104. The zero-order valence-electron chi connectivity index (χ0n) is 11.6. The van der Waals surface area contributed by atoms with Crippen LogP contribution in [-0.4, -0.2) is 22.1 Å². The second kappa shape index (κ2) is 5.59. The molecular formula is C15H22N2O2. The van der Waals surface area contributed by atoms with Crippen LogP contribution in [0.5, 0.6) is 0 Å². The lowest BCUT2D eigenvalue weighted by Crippen LogP contribution is -2.33. The molecular weight excluding hydrogens is 240 g/mol. The summed E-state index contributed by atoms with van der Waals surface area (Å²) in [4.78, 5) is 14.9. The first kappa shape index (κ1) is 13.8. The summed E-state index contributed by atoms with van der Waals surface area (Å²) in [7, 11) is 0. The van der Waals surface area contributed by atoms with Gasteiger partial charge in [0.25, 0.3) is 0 Å². The number of anilines is 1. The van der Waals surface area contributed by atoms with Gasteiger partial charge in [0.05, 0.1) is 0 Å². The van der Waals surface area contributed by atoms with E-state index in [-0.39, 0.29) is 11.8 Å². The first-order chi connectivity index (χ1) is 9.04. The van der Waals surface area contributed by atoms with Crippen molar-refractivity contribution in [3.63, 3.8) is 0 Å². The first-order valence-electron chi connectivity index (χ1n) is 6.98. The number of fused-ring (bicyclic) bond motifs is 1.